The summed E-state index contributed by atoms with van der Waals surface area (Å²) < 4.78 is -0.133. The van der Waals surface area contributed by atoms with E-state index in [2.05, 4.69) is 43.4 Å². The minimum absolute atomic E-state index is 0.0937. The molecule has 0 saturated heterocycles. The molecule has 3 unspecified atom stereocenters. The van der Waals surface area contributed by atoms with Crippen LogP contribution in [0.15, 0.2) is 0 Å². The quantitative estimate of drug-likeness (QED) is 0.336. The lowest BCUT2D eigenvalue weighted by Crippen LogP contribution is -2.30. The molecule has 0 aliphatic rings. The van der Waals surface area contributed by atoms with Gasteiger partial charge in [-0.1, -0.05) is 62.6 Å². The summed E-state index contributed by atoms with van der Waals surface area (Å²) >= 11 is 2.16. The Morgan fingerprint density at radius 2 is 1.82 bits per heavy atom. The molecule has 0 radical (unpaired) electrons. The Kier molecular flexibility index (Phi) is 10.1. The fourth-order valence-electron chi connectivity index (χ4n) is 2.05. The molecule has 0 amide bonds. The molecule has 0 bridgehead atoms. The summed E-state index contributed by atoms with van der Waals surface area (Å²) in [5, 5.41) is 0. The molecule has 17 heavy (non-hydrogen) atoms. The molecule has 0 aromatic heterocycles. The van der Waals surface area contributed by atoms with E-state index in [1.54, 1.807) is 0 Å². The fraction of sp³-hybridized carbons (Fsp3) is 0.857. The highest BCUT2D eigenvalue weighted by molar-refractivity contribution is 14.1. The summed E-state index contributed by atoms with van der Waals surface area (Å²) in [6.45, 7) is 6.26. The van der Waals surface area contributed by atoms with Crippen molar-refractivity contribution < 1.29 is 9.59 Å². The predicted octanol–water partition coefficient (Wildman–Crippen LogP) is 4.19. The third-order valence-corrected chi connectivity index (χ3v) is 4.78. The van der Waals surface area contributed by atoms with Crippen LogP contribution in [0.5, 0.6) is 0 Å². The second kappa shape index (κ2) is 10.0. The third kappa shape index (κ3) is 5.98. The molecule has 0 aliphatic heterocycles. The zero-order valence-electron chi connectivity index (χ0n) is 11.2. The van der Waals surface area contributed by atoms with Crippen LogP contribution >= 0.6 is 22.6 Å². The van der Waals surface area contributed by atoms with E-state index in [9.17, 15) is 9.59 Å². The Morgan fingerprint density at radius 3 is 2.24 bits per heavy atom. The Bertz CT molecular complexity index is 228. The van der Waals surface area contributed by atoms with Crippen molar-refractivity contribution in [1.82, 2.24) is 0 Å². The van der Waals surface area contributed by atoms with Crippen molar-refractivity contribution in [2.75, 3.05) is 0 Å². The second-order valence-electron chi connectivity index (χ2n) is 4.64. The summed E-state index contributed by atoms with van der Waals surface area (Å²) in [7, 11) is 0. The number of ketones is 1. The van der Waals surface area contributed by atoms with Crippen LogP contribution in [0.3, 0.4) is 0 Å². The van der Waals surface area contributed by atoms with Crippen LogP contribution < -0.4 is 0 Å². The van der Waals surface area contributed by atoms with Gasteiger partial charge in [-0.15, -0.1) is 0 Å². The molecule has 0 aromatic rings. The molecule has 0 spiro atoms. The van der Waals surface area contributed by atoms with E-state index in [0.717, 1.165) is 44.8 Å². The first-order valence-electron chi connectivity index (χ1n) is 6.75. The van der Waals surface area contributed by atoms with E-state index in [4.69, 9.17) is 0 Å². The molecule has 0 N–H and O–H groups in total. The summed E-state index contributed by atoms with van der Waals surface area (Å²) in [6, 6.07) is 0. The molecule has 100 valence electrons. The molecule has 0 fully saturated rings. The number of carbonyl (C=O) groups is 2. The van der Waals surface area contributed by atoms with Crippen LogP contribution in [-0.2, 0) is 9.59 Å². The number of Topliss-reactive ketones (excluding diaryl/α,β-unsaturated/α-hetero) is 1. The summed E-state index contributed by atoms with van der Waals surface area (Å²) in [5.41, 5.74) is 0. The SMILES string of the molecule is CCCCC(CC)C(=O)C(I)C(C=O)CCC. The van der Waals surface area contributed by atoms with Crippen LogP contribution in [0.1, 0.15) is 59.3 Å². The van der Waals surface area contributed by atoms with E-state index < -0.39 is 0 Å². The van der Waals surface area contributed by atoms with Gasteiger partial charge in [-0.25, -0.2) is 0 Å². The highest BCUT2D eigenvalue weighted by atomic mass is 127. The number of hydrogen-bond acceptors (Lipinski definition) is 2. The lowest BCUT2D eigenvalue weighted by Gasteiger charge is -2.21. The second-order valence-corrected chi connectivity index (χ2v) is 5.98. The van der Waals surface area contributed by atoms with Gasteiger partial charge in [-0.2, -0.15) is 0 Å². The molecular weight excluding hydrogens is 327 g/mol. The van der Waals surface area contributed by atoms with E-state index >= 15 is 0 Å². The van der Waals surface area contributed by atoms with Crippen molar-refractivity contribution in [3.05, 3.63) is 0 Å². The minimum Gasteiger partial charge on any atom is -0.303 e. The smallest absolute Gasteiger partial charge is 0.149 e. The van der Waals surface area contributed by atoms with Gasteiger partial charge >= 0.3 is 0 Å². The molecule has 3 atom stereocenters. The maximum Gasteiger partial charge on any atom is 0.149 e. The van der Waals surface area contributed by atoms with Gasteiger partial charge in [0.15, 0.2) is 0 Å². The van der Waals surface area contributed by atoms with Crippen molar-refractivity contribution in [3.63, 3.8) is 0 Å². The highest BCUT2D eigenvalue weighted by Gasteiger charge is 2.29. The number of hydrogen-bond donors (Lipinski definition) is 0. The van der Waals surface area contributed by atoms with Crippen LogP contribution in [-0.4, -0.2) is 16.0 Å². The van der Waals surface area contributed by atoms with Gasteiger partial charge in [-0.3, -0.25) is 4.79 Å². The van der Waals surface area contributed by atoms with Gasteiger partial charge < -0.3 is 4.79 Å². The van der Waals surface area contributed by atoms with Crippen LogP contribution in [0.2, 0.25) is 0 Å². The topological polar surface area (TPSA) is 34.1 Å². The third-order valence-electron chi connectivity index (χ3n) is 3.25. The number of alkyl halides is 1. The molecule has 0 rings (SSSR count). The zero-order valence-corrected chi connectivity index (χ0v) is 13.4. The van der Waals surface area contributed by atoms with Gasteiger partial charge in [0.05, 0.1) is 3.92 Å². The van der Waals surface area contributed by atoms with Gasteiger partial charge in [0.1, 0.15) is 12.1 Å². The Labute approximate surface area is 119 Å². The molecule has 0 aromatic carbocycles. The van der Waals surface area contributed by atoms with Crippen LogP contribution in [0.25, 0.3) is 0 Å². The van der Waals surface area contributed by atoms with E-state index in [1.165, 1.54) is 0 Å². The Balaban J connectivity index is 4.46. The molecule has 0 saturated carbocycles. The van der Waals surface area contributed by atoms with Crippen molar-refractivity contribution in [2.24, 2.45) is 11.8 Å². The monoisotopic (exact) mass is 352 g/mol. The van der Waals surface area contributed by atoms with Gasteiger partial charge in [0, 0.05) is 11.8 Å². The first kappa shape index (κ1) is 17.1. The van der Waals surface area contributed by atoms with Gasteiger partial charge in [0.25, 0.3) is 0 Å². The van der Waals surface area contributed by atoms with E-state index in [0.29, 0.717) is 0 Å². The first-order valence-corrected chi connectivity index (χ1v) is 7.99. The number of halogens is 1. The minimum atomic E-state index is -0.133. The Hall–Kier alpha value is 0.0700. The van der Waals surface area contributed by atoms with Crippen molar-refractivity contribution in [1.29, 1.82) is 0 Å². The van der Waals surface area contributed by atoms with Crippen LogP contribution in [0.4, 0.5) is 0 Å². The van der Waals surface area contributed by atoms with Crippen molar-refractivity contribution in [3.8, 4) is 0 Å². The molecule has 2 nitrogen and oxygen atoms in total. The standard InChI is InChI=1S/C14H25IO2/c1-4-7-9-11(6-3)14(17)13(15)12(10-16)8-5-2/h10-13H,4-9H2,1-3H3. The maximum absolute atomic E-state index is 12.3. The predicted molar refractivity (Wildman–Crippen MR) is 80.6 cm³/mol. The van der Waals surface area contributed by atoms with E-state index in [1.807, 2.05) is 0 Å². The van der Waals surface area contributed by atoms with E-state index in [-0.39, 0.29) is 21.5 Å². The number of unbranched alkanes of at least 4 members (excludes halogenated alkanes) is 1. The lowest BCUT2D eigenvalue weighted by atomic mass is 9.88. The molecule has 0 aliphatic carbocycles. The lowest BCUT2D eigenvalue weighted by molar-refractivity contribution is -0.125. The fourth-order valence-corrected chi connectivity index (χ4v) is 3.09. The average molecular weight is 352 g/mol. The molecule has 0 heterocycles. The first-order chi connectivity index (χ1) is 8.12. The van der Waals surface area contributed by atoms with Crippen molar-refractivity contribution >= 4 is 34.7 Å². The normalized spacial score (nSPS) is 16.2. The van der Waals surface area contributed by atoms with Crippen LogP contribution in [0, 0.1) is 11.8 Å². The summed E-state index contributed by atoms with van der Waals surface area (Å²) in [4.78, 5) is 23.3. The summed E-state index contributed by atoms with van der Waals surface area (Å²) in [6.07, 6.45) is 6.86. The maximum atomic E-state index is 12.3. The molecular formula is C14H25IO2. The molecule has 3 heteroatoms. The highest BCUT2D eigenvalue weighted by Crippen LogP contribution is 2.25. The number of rotatable bonds is 10. The Morgan fingerprint density at radius 1 is 1.18 bits per heavy atom. The van der Waals surface area contributed by atoms with Gasteiger partial charge in [0.2, 0.25) is 0 Å². The van der Waals surface area contributed by atoms with Crippen molar-refractivity contribution in [2.45, 2.75) is 63.2 Å². The number of carbonyl (C=O) groups excluding carboxylic acids is 2. The zero-order chi connectivity index (χ0) is 13.3. The largest absolute Gasteiger partial charge is 0.303 e. The number of aldehydes is 1. The van der Waals surface area contributed by atoms with Gasteiger partial charge in [-0.05, 0) is 19.3 Å². The summed E-state index contributed by atoms with van der Waals surface area (Å²) in [5.74, 6) is 0.340. The average Bonchev–Trinajstić information content (AvgIpc) is 2.35.